The van der Waals surface area contributed by atoms with E-state index in [-0.39, 0.29) is 53.5 Å². The van der Waals surface area contributed by atoms with E-state index >= 15 is 0 Å². The molecule has 2 aromatic carbocycles. The van der Waals surface area contributed by atoms with E-state index in [1.54, 1.807) is 6.26 Å². The van der Waals surface area contributed by atoms with Gasteiger partial charge in [0.25, 0.3) is 5.91 Å². The van der Waals surface area contributed by atoms with Gasteiger partial charge in [0.1, 0.15) is 11.4 Å². The average molecular weight is 545 g/mol. The summed E-state index contributed by atoms with van der Waals surface area (Å²) in [6.45, 7) is -0.456. The van der Waals surface area contributed by atoms with Crippen LogP contribution in [0.1, 0.15) is 33.5 Å². The monoisotopic (exact) mass is 545 g/mol. The van der Waals surface area contributed by atoms with E-state index in [9.17, 15) is 35.5 Å². The zero-order valence-electron chi connectivity index (χ0n) is 19.1. The molecule has 0 saturated heterocycles. The zero-order valence-corrected chi connectivity index (χ0v) is 19.9. The molecule has 0 unspecified atom stereocenters. The van der Waals surface area contributed by atoms with E-state index in [0.29, 0.717) is 17.7 Å². The lowest BCUT2D eigenvalue weighted by Crippen LogP contribution is -2.35. The lowest BCUT2D eigenvalue weighted by Gasteiger charge is -2.28. The van der Waals surface area contributed by atoms with Crippen molar-refractivity contribution in [2.45, 2.75) is 30.5 Å². The fourth-order valence-electron chi connectivity index (χ4n) is 3.79. The summed E-state index contributed by atoms with van der Waals surface area (Å²) < 4.78 is 99.2. The molecule has 0 spiro atoms. The number of ether oxygens (including phenoxy) is 1. The molecule has 0 bridgehead atoms. The number of halogens is 7. The van der Waals surface area contributed by atoms with Crippen LogP contribution < -0.4 is 4.74 Å². The maximum Gasteiger partial charge on any atom is 0.416 e. The summed E-state index contributed by atoms with van der Waals surface area (Å²) in [6, 6.07) is 6.32. The van der Waals surface area contributed by atoms with Crippen LogP contribution in [0, 0.1) is 5.82 Å². The fourth-order valence-corrected chi connectivity index (χ4v) is 4.15. The van der Waals surface area contributed by atoms with Gasteiger partial charge < -0.3 is 9.64 Å². The van der Waals surface area contributed by atoms with E-state index in [0.717, 1.165) is 28.8 Å². The first-order chi connectivity index (χ1) is 17.4. The van der Waals surface area contributed by atoms with E-state index in [1.807, 2.05) is 0 Å². The van der Waals surface area contributed by atoms with Crippen LogP contribution in [0.2, 0.25) is 0 Å². The third kappa shape index (κ3) is 5.97. The molecule has 196 valence electrons. The summed E-state index contributed by atoms with van der Waals surface area (Å²) in [6.07, 6.45) is -8.09. The molecule has 37 heavy (non-hydrogen) atoms. The van der Waals surface area contributed by atoms with Gasteiger partial charge in [-0.25, -0.2) is 9.37 Å². The number of aromatic nitrogens is 2. The van der Waals surface area contributed by atoms with Crippen LogP contribution >= 0.6 is 11.8 Å². The van der Waals surface area contributed by atoms with Crippen molar-refractivity contribution in [1.29, 1.82) is 0 Å². The van der Waals surface area contributed by atoms with E-state index in [4.69, 9.17) is 4.74 Å². The summed E-state index contributed by atoms with van der Waals surface area (Å²) in [4.78, 5) is 23.4. The quantitative estimate of drug-likeness (QED) is 0.214. The minimum atomic E-state index is -5.02. The number of benzene rings is 2. The Morgan fingerprint density at radius 3 is 2.16 bits per heavy atom. The molecule has 1 aliphatic rings. The molecule has 0 radical (unpaired) electrons. The van der Waals surface area contributed by atoms with Gasteiger partial charge in [-0.2, -0.15) is 31.3 Å². The number of carbonyl (C=O) groups is 1. The normalized spacial score (nSPS) is 14.6. The predicted octanol–water partition coefficient (Wildman–Crippen LogP) is 6.47. The Morgan fingerprint density at radius 2 is 1.59 bits per heavy atom. The van der Waals surface area contributed by atoms with Crippen LogP contribution in [0.3, 0.4) is 0 Å². The highest BCUT2D eigenvalue weighted by Gasteiger charge is 2.37. The van der Waals surface area contributed by atoms with Crippen LogP contribution in [-0.4, -0.2) is 40.2 Å². The smallest absolute Gasteiger partial charge is 0.416 e. The zero-order chi connectivity index (χ0) is 27.0. The highest BCUT2D eigenvalue weighted by molar-refractivity contribution is 7.98. The van der Waals surface area contributed by atoms with Crippen LogP contribution in [0.4, 0.5) is 30.7 Å². The van der Waals surface area contributed by atoms with Gasteiger partial charge in [0, 0.05) is 18.7 Å². The van der Waals surface area contributed by atoms with Gasteiger partial charge in [0.2, 0.25) is 5.88 Å². The largest absolute Gasteiger partial charge is 0.477 e. The first-order valence-electron chi connectivity index (χ1n) is 10.8. The van der Waals surface area contributed by atoms with E-state index in [1.165, 1.54) is 12.1 Å². The number of fused-ring (bicyclic) bond motifs is 1. The second-order valence-corrected chi connectivity index (χ2v) is 8.86. The lowest BCUT2D eigenvalue weighted by molar-refractivity contribution is -0.143. The molecule has 0 N–H and O–H groups in total. The molecule has 0 atom stereocenters. The van der Waals surface area contributed by atoms with Crippen molar-refractivity contribution in [1.82, 2.24) is 14.9 Å². The van der Waals surface area contributed by atoms with Crippen molar-refractivity contribution in [3.8, 4) is 17.1 Å². The second-order valence-electron chi connectivity index (χ2n) is 8.09. The first-order valence-corrected chi connectivity index (χ1v) is 12.0. The van der Waals surface area contributed by atoms with Gasteiger partial charge in [0.15, 0.2) is 5.16 Å². The van der Waals surface area contributed by atoms with Crippen molar-refractivity contribution in [3.05, 3.63) is 70.5 Å². The average Bonchev–Trinajstić information content (AvgIpc) is 2.83. The van der Waals surface area contributed by atoms with E-state index in [2.05, 4.69) is 9.97 Å². The molecule has 5 nitrogen and oxygen atoms in total. The van der Waals surface area contributed by atoms with Crippen LogP contribution in [-0.2, 0) is 18.9 Å². The van der Waals surface area contributed by atoms with Crippen molar-refractivity contribution >= 4 is 17.7 Å². The Bertz CT molecular complexity index is 1280. The molecular weight excluding hydrogens is 527 g/mol. The molecule has 2 heterocycles. The second kappa shape index (κ2) is 10.2. The minimum absolute atomic E-state index is 0.0109. The molecule has 4 rings (SSSR count). The van der Waals surface area contributed by atoms with Gasteiger partial charge in [-0.1, -0.05) is 11.8 Å². The molecule has 0 aliphatic carbocycles. The van der Waals surface area contributed by atoms with Gasteiger partial charge in [0.05, 0.1) is 23.4 Å². The molecule has 1 aliphatic heterocycles. The van der Waals surface area contributed by atoms with Crippen molar-refractivity contribution < 1.29 is 40.3 Å². The Labute approximate surface area is 210 Å². The fraction of sp³-hybridized carbons (Fsp3) is 0.292. The topological polar surface area (TPSA) is 55.3 Å². The summed E-state index contributed by atoms with van der Waals surface area (Å²) >= 11 is 1.16. The lowest BCUT2D eigenvalue weighted by atomic mass is 10.0. The Hall–Kier alpha value is -3.35. The van der Waals surface area contributed by atoms with Gasteiger partial charge in [-0.15, -0.1) is 0 Å². The molecule has 0 saturated carbocycles. The highest BCUT2D eigenvalue weighted by atomic mass is 32.2. The summed E-state index contributed by atoms with van der Waals surface area (Å²) in [5.74, 6) is -1.35. The molecule has 13 heteroatoms. The number of nitrogens with zero attached hydrogens (tertiary/aromatic N) is 3. The number of carbonyl (C=O) groups excluding carboxylic acids is 1. The standard InChI is InChI=1S/C24H18F7N3O2S/c1-37-22-32-19(14-3-5-17(25)6-4-14)18-20(33-22)36-8-2-7-34(21(18)35)12-13-9-15(23(26,27)28)11-16(10-13)24(29,30)31/h3-6,9-11H,2,7-8,12H2,1H3. The highest BCUT2D eigenvalue weighted by Crippen LogP contribution is 2.37. The molecule has 0 fully saturated rings. The third-order valence-corrected chi connectivity index (χ3v) is 6.04. The Balaban J connectivity index is 1.80. The predicted molar refractivity (Wildman–Crippen MR) is 121 cm³/mol. The number of rotatable bonds is 4. The number of hydrogen-bond donors (Lipinski definition) is 0. The first kappa shape index (κ1) is 26.7. The van der Waals surface area contributed by atoms with Crippen LogP contribution in [0.5, 0.6) is 5.88 Å². The number of alkyl halides is 6. The number of thioether (sulfide) groups is 1. The number of amides is 1. The molecule has 1 amide bonds. The Morgan fingerprint density at radius 1 is 0.973 bits per heavy atom. The van der Waals surface area contributed by atoms with Gasteiger partial charge in [-0.3, -0.25) is 4.79 Å². The summed E-state index contributed by atoms with van der Waals surface area (Å²) in [7, 11) is 0. The Kier molecular flexibility index (Phi) is 7.36. The maximum absolute atomic E-state index is 13.7. The van der Waals surface area contributed by atoms with Gasteiger partial charge >= 0.3 is 12.4 Å². The third-order valence-electron chi connectivity index (χ3n) is 5.49. The van der Waals surface area contributed by atoms with Crippen LogP contribution in [0.25, 0.3) is 11.3 Å². The van der Waals surface area contributed by atoms with Crippen molar-refractivity contribution in [3.63, 3.8) is 0 Å². The van der Waals surface area contributed by atoms with Crippen molar-refractivity contribution in [2.75, 3.05) is 19.4 Å². The molecule has 3 aromatic rings. The van der Waals surface area contributed by atoms with Crippen molar-refractivity contribution in [2.24, 2.45) is 0 Å². The SMILES string of the molecule is CSc1nc2c(c(-c3ccc(F)cc3)n1)C(=O)N(Cc1cc(C(F)(F)F)cc(C(F)(F)F)c1)CCCO2. The minimum Gasteiger partial charge on any atom is -0.477 e. The van der Waals surface area contributed by atoms with E-state index < -0.39 is 41.7 Å². The molecular formula is C24H18F7N3O2S. The summed E-state index contributed by atoms with van der Waals surface area (Å²) in [5.41, 5.74) is -2.95. The number of hydrogen-bond acceptors (Lipinski definition) is 5. The van der Waals surface area contributed by atoms with Gasteiger partial charge in [-0.05, 0) is 60.7 Å². The van der Waals surface area contributed by atoms with Crippen LogP contribution in [0.15, 0.2) is 47.6 Å². The summed E-state index contributed by atoms with van der Waals surface area (Å²) in [5, 5.41) is 0.255. The molecule has 1 aromatic heterocycles. The maximum atomic E-state index is 13.7.